The predicted octanol–water partition coefficient (Wildman–Crippen LogP) is 2.66. The zero-order chi connectivity index (χ0) is 11.7. The fraction of sp³-hybridized carbons (Fsp3) is 1.00. The van der Waals surface area contributed by atoms with E-state index < -0.39 is 0 Å². The van der Waals surface area contributed by atoms with Crippen molar-refractivity contribution in [3.05, 3.63) is 0 Å². The van der Waals surface area contributed by atoms with Crippen LogP contribution in [-0.4, -0.2) is 34.7 Å². The highest BCUT2D eigenvalue weighted by molar-refractivity contribution is 4.91. The highest BCUT2D eigenvalue weighted by Crippen LogP contribution is 2.35. The van der Waals surface area contributed by atoms with Gasteiger partial charge in [-0.3, -0.25) is 4.90 Å². The third-order valence-electron chi connectivity index (χ3n) is 4.79. The summed E-state index contributed by atoms with van der Waals surface area (Å²) in [6.07, 6.45) is 6.00. The molecule has 0 aromatic carbocycles. The molecular weight excluding hydrogens is 198 g/mol. The normalized spacial score (nSPS) is 41.8. The molecule has 0 amide bonds. The lowest BCUT2D eigenvalue weighted by atomic mass is 9.77. The van der Waals surface area contributed by atoms with Crippen molar-refractivity contribution in [3.63, 3.8) is 0 Å². The largest absolute Gasteiger partial charge is 0.391 e. The van der Waals surface area contributed by atoms with Crippen molar-refractivity contribution in [2.24, 2.45) is 11.8 Å². The minimum atomic E-state index is -0.0736. The number of rotatable bonds is 2. The van der Waals surface area contributed by atoms with Crippen LogP contribution in [0.3, 0.4) is 0 Å². The topological polar surface area (TPSA) is 23.5 Å². The molecule has 2 heteroatoms. The molecule has 1 saturated carbocycles. The van der Waals surface area contributed by atoms with Gasteiger partial charge in [0.25, 0.3) is 0 Å². The zero-order valence-electron chi connectivity index (χ0n) is 11.0. The maximum Gasteiger partial charge on any atom is 0.0695 e. The Morgan fingerprint density at radius 1 is 1.19 bits per heavy atom. The smallest absolute Gasteiger partial charge is 0.0695 e. The summed E-state index contributed by atoms with van der Waals surface area (Å²) in [4.78, 5) is 2.57. The van der Waals surface area contributed by atoms with E-state index in [4.69, 9.17) is 0 Å². The maximum atomic E-state index is 10.2. The number of aliphatic hydroxyl groups excluding tert-OH is 1. The Balaban J connectivity index is 2.00. The summed E-state index contributed by atoms with van der Waals surface area (Å²) in [6.45, 7) is 8.17. The van der Waals surface area contributed by atoms with Crippen LogP contribution >= 0.6 is 0 Å². The number of likely N-dealkylation sites (tertiary alicyclic amines) is 1. The lowest BCUT2D eigenvalue weighted by molar-refractivity contribution is -0.00733. The molecule has 2 nitrogen and oxygen atoms in total. The molecule has 1 aliphatic heterocycles. The Labute approximate surface area is 100 Å². The van der Waals surface area contributed by atoms with Crippen LogP contribution in [0.5, 0.6) is 0 Å². The summed E-state index contributed by atoms with van der Waals surface area (Å²) in [5, 5.41) is 10.2. The third kappa shape index (κ3) is 2.43. The molecule has 0 bridgehead atoms. The van der Waals surface area contributed by atoms with Crippen LogP contribution in [0, 0.1) is 11.8 Å². The van der Waals surface area contributed by atoms with Gasteiger partial charge in [0.1, 0.15) is 0 Å². The van der Waals surface area contributed by atoms with Gasteiger partial charge in [-0.05, 0) is 57.4 Å². The second-order valence-corrected chi connectivity index (χ2v) is 6.18. The van der Waals surface area contributed by atoms with Crippen LogP contribution in [0.15, 0.2) is 0 Å². The summed E-state index contributed by atoms with van der Waals surface area (Å²) >= 11 is 0. The SMILES string of the molecule is CC(C)C1CCC(O)C(N2CCCC2C)C1. The Kier molecular flexibility index (Phi) is 3.91. The molecule has 0 aromatic rings. The van der Waals surface area contributed by atoms with Crippen molar-refractivity contribution in [2.45, 2.75) is 71.1 Å². The first-order chi connectivity index (χ1) is 7.59. The Hall–Kier alpha value is -0.0800. The molecule has 0 aromatic heterocycles. The molecule has 0 radical (unpaired) electrons. The van der Waals surface area contributed by atoms with E-state index in [1.807, 2.05) is 0 Å². The van der Waals surface area contributed by atoms with E-state index in [0.29, 0.717) is 12.1 Å². The molecule has 2 rings (SSSR count). The first-order valence-corrected chi connectivity index (χ1v) is 7.03. The number of aliphatic hydroxyl groups is 1. The molecule has 2 aliphatic rings. The molecule has 16 heavy (non-hydrogen) atoms. The van der Waals surface area contributed by atoms with E-state index in [1.54, 1.807) is 0 Å². The molecule has 4 unspecified atom stereocenters. The van der Waals surface area contributed by atoms with Gasteiger partial charge in [-0.25, -0.2) is 0 Å². The van der Waals surface area contributed by atoms with Crippen molar-refractivity contribution in [1.82, 2.24) is 4.90 Å². The van der Waals surface area contributed by atoms with Gasteiger partial charge in [0.2, 0.25) is 0 Å². The maximum absolute atomic E-state index is 10.2. The first-order valence-electron chi connectivity index (χ1n) is 7.03. The standard InChI is InChI=1S/C14H27NO/c1-10(2)12-6-7-14(16)13(9-12)15-8-4-5-11(15)3/h10-14,16H,4-9H2,1-3H3. The number of nitrogens with zero attached hydrogens (tertiary/aromatic N) is 1. The molecule has 1 saturated heterocycles. The summed E-state index contributed by atoms with van der Waals surface area (Å²) in [5.74, 6) is 1.59. The molecule has 0 spiro atoms. The van der Waals surface area contributed by atoms with E-state index in [1.165, 1.54) is 32.2 Å². The fourth-order valence-electron chi connectivity index (χ4n) is 3.57. The summed E-state index contributed by atoms with van der Waals surface area (Å²) in [7, 11) is 0. The van der Waals surface area contributed by atoms with Crippen LogP contribution in [0.4, 0.5) is 0 Å². The van der Waals surface area contributed by atoms with E-state index in [0.717, 1.165) is 18.3 Å². The van der Waals surface area contributed by atoms with Gasteiger partial charge in [0.05, 0.1) is 6.10 Å². The molecule has 1 N–H and O–H groups in total. The molecule has 4 atom stereocenters. The molecule has 1 heterocycles. The molecule has 1 aliphatic carbocycles. The van der Waals surface area contributed by atoms with Gasteiger partial charge in [0, 0.05) is 12.1 Å². The average molecular weight is 225 g/mol. The average Bonchev–Trinajstić information content (AvgIpc) is 2.65. The Morgan fingerprint density at radius 3 is 2.50 bits per heavy atom. The van der Waals surface area contributed by atoms with Crippen molar-refractivity contribution < 1.29 is 5.11 Å². The molecule has 2 fully saturated rings. The van der Waals surface area contributed by atoms with E-state index in [9.17, 15) is 5.11 Å². The molecular formula is C14H27NO. The second kappa shape index (κ2) is 5.05. The van der Waals surface area contributed by atoms with Gasteiger partial charge in [-0.1, -0.05) is 13.8 Å². The monoisotopic (exact) mass is 225 g/mol. The van der Waals surface area contributed by atoms with Crippen molar-refractivity contribution in [1.29, 1.82) is 0 Å². The summed E-state index contributed by atoms with van der Waals surface area (Å²) in [6, 6.07) is 1.13. The molecule has 94 valence electrons. The van der Waals surface area contributed by atoms with Gasteiger partial charge >= 0.3 is 0 Å². The van der Waals surface area contributed by atoms with Crippen molar-refractivity contribution in [2.75, 3.05) is 6.54 Å². The van der Waals surface area contributed by atoms with E-state index in [-0.39, 0.29) is 6.10 Å². The minimum absolute atomic E-state index is 0.0736. The fourth-order valence-corrected chi connectivity index (χ4v) is 3.57. The van der Waals surface area contributed by atoms with Gasteiger partial charge in [0.15, 0.2) is 0 Å². The highest BCUT2D eigenvalue weighted by Gasteiger charge is 2.37. The van der Waals surface area contributed by atoms with Crippen LogP contribution in [0.25, 0.3) is 0 Å². The van der Waals surface area contributed by atoms with E-state index in [2.05, 4.69) is 25.7 Å². The first kappa shape index (κ1) is 12.4. The van der Waals surface area contributed by atoms with Gasteiger partial charge in [-0.15, -0.1) is 0 Å². The van der Waals surface area contributed by atoms with Crippen LogP contribution in [0.1, 0.15) is 52.9 Å². The predicted molar refractivity (Wildman–Crippen MR) is 67.4 cm³/mol. The lowest BCUT2D eigenvalue weighted by Crippen LogP contribution is -2.49. The zero-order valence-corrected chi connectivity index (χ0v) is 11.0. The summed E-state index contributed by atoms with van der Waals surface area (Å²) in [5.41, 5.74) is 0. The minimum Gasteiger partial charge on any atom is -0.391 e. The number of hydrogen-bond donors (Lipinski definition) is 1. The quantitative estimate of drug-likeness (QED) is 0.781. The van der Waals surface area contributed by atoms with Gasteiger partial charge < -0.3 is 5.11 Å². The third-order valence-corrected chi connectivity index (χ3v) is 4.79. The summed E-state index contributed by atoms with van der Waals surface area (Å²) < 4.78 is 0. The van der Waals surface area contributed by atoms with Crippen LogP contribution in [-0.2, 0) is 0 Å². The Morgan fingerprint density at radius 2 is 1.94 bits per heavy atom. The van der Waals surface area contributed by atoms with Gasteiger partial charge in [-0.2, -0.15) is 0 Å². The Bertz CT molecular complexity index is 229. The number of hydrogen-bond acceptors (Lipinski definition) is 2. The van der Waals surface area contributed by atoms with E-state index >= 15 is 0 Å². The highest BCUT2D eigenvalue weighted by atomic mass is 16.3. The second-order valence-electron chi connectivity index (χ2n) is 6.18. The van der Waals surface area contributed by atoms with Crippen molar-refractivity contribution >= 4 is 0 Å². The van der Waals surface area contributed by atoms with Crippen LogP contribution in [0.2, 0.25) is 0 Å². The van der Waals surface area contributed by atoms with Crippen molar-refractivity contribution in [3.8, 4) is 0 Å². The lowest BCUT2D eigenvalue weighted by Gasteiger charge is -2.42. The van der Waals surface area contributed by atoms with Crippen LogP contribution < -0.4 is 0 Å².